The molecule has 0 saturated heterocycles. The third kappa shape index (κ3) is 1.15. The van der Waals surface area contributed by atoms with E-state index in [0.29, 0.717) is 12.3 Å². The van der Waals surface area contributed by atoms with Gasteiger partial charge in [0.05, 0.1) is 0 Å². The lowest BCUT2D eigenvalue weighted by Crippen LogP contribution is -2.26. The fourth-order valence-corrected chi connectivity index (χ4v) is 2.69. The van der Waals surface area contributed by atoms with Gasteiger partial charge in [-0.1, -0.05) is 0 Å². The minimum atomic E-state index is -0.609. The van der Waals surface area contributed by atoms with Crippen molar-refractivity contribution in [2.24, 2.45) is 17.8 Å². The monoisotopic (exact) mass is 154 g/mol. The first-order chi connectivity index (χ1) is 5.27. The van der Waals surface area contributed by atoms with Crippen LogP contribution in [0.2, 0.25) is 0 Å². The molecule has 0 aromatic carbocycles. The molecule has 2 nitrogen and oxygen atoms in total. The average molecular weight is 154 g/mol. The van der Waals surface area contributed by atoms with Crippen molar-refractivity contribution in [1.82, 2.24) is 0 Å². The minimum absolute atomic E-state index is 0.418. The molecule has 0 aromatic heterocycles. The molecular formula is C9H14O2. The molecule has 3 atom stereocenters. The highest BCUT2D eigenvalue weighted by Gasteiger charge is 2.42. The molecule has 62 valence electrons. The predicted octanol–water partition coefficient (Wildman–Crippen LogP) is 1.90. The Bertz CT molecular complexity index is 176. The molecular weight excluding hydrogens is 140 g/mol. The van der Waals surface area contributed by atoms with Gasteiger partial charge in [0, 0.05) is 6.42 Å². The van der Waals surface area contributed by atoms with E-state index in [1.807, 2.05) is 0 Å². The van der Waals surface area contributed by atoms with Crippen LogP contribution in [0.25, 0.3) is 0 Å². The first-order valence-electron chi connectivity index (χ1n) is 4.49. The molecule has 0 aliphatic heterocycles. The van der Waals surface area contributed by atoms with Gasteiger partial charge in [-0.2, -0.15) is 0 Å². The van der Waals surface area contributed by atoms with Crippen molar-refractivity contribution < 1.29 is 9.90 Å². The molecule has 0 amide bonds. The van der Waals surface area contributed by atoms with Crippen LogP contribution in [0.3, 0.4) is 0 Å². The standard InChI is InChI=1S/C9H14O2/c10-9(11)5-7-2-1-6-3-4-8(6)7/h6-8H,1-5H2,(H,10,11). The third-order valence-corrected chi connectivity index (χ3v) is 3.43. The number of carbonyl (C=O) groups is 1. The highest BCUT2D eigenvalue weighted by atomic mass is 16.4. The summed E-state index contributed by atoms with van der Waals surface area (Å²) < 4.78 is 0. The Hall–Kier alpha value is -0.530. The molecule has 2 aliphatic rings. The highest BCUT2D eigenvalue weighted by Crippen LogP contribution is 2.51. The number of fused-ring (bicyclic) bond motifs is 1. The van der Waals surface area contributed by atoms with Gasteiger partial charge in [0.15, 0.2) is 0 Å². The van der Waals surface area contributed by atoms with Crippen LogP contribution in [-0.4, -0.2) is 11.1 Å². The Morgan fingerprint density at radius 2 is 2.00 bits per heavy atom. The van der Waals surface area contributed by atoms with Gasteiger partial charge in [-0.15, -0.1) is 0 Å². The fraction of sp³-hybridized carbons (Fsp3) is 0.889. The summed E-state index contributed by atoms with van der Waals surface area (Å²) in [6.45, 7) is 0. The second kappa shape index (κ2) is 2.50. The largest absolute Gasteiger partial charge is 0.481 e. The summed E-state index contributed by atoms with van der Waals surface area (Å²) in [4.78, 5) is 10.4. The fourth-order valence-electron chi connectivity index (χ4n) is 2.69. The van der Waals surface area contributed by atoms with E-state index < -0.39 is 5.97 Å². The topological polar surface area (TPSA) is 37.3 Å². The number of hydrogen-bond donors (Lipinski definition) is 1. The van der Waals surface area contributed by atoms with Gasteiger partial charge in [-0.25, -0.2) is 0 Å². The van der Waals surface area contributed by atoms with Gasteiger partial charge in [0.25, 0.3) is 0 Å². The minimum Gasteiger partial charge on any atom is -0.481 e. The molecule has 0 aromatic rings. The zero-order chi connectivity index (χ0) is 7.84. The van der Waals surface area contributed by atoms with Crippen molar-refractivity contribution >= 4 is 5.97 Å². The Morgan fingerprint density at radius 1 is 1.27 bits per heavy atom. The maximum Gasteiger partial charge on any atom is 0.303 e. The summed E-state index contributed by atoms with van der Waals surface area (Å²) in [6, 6.07) is 0. The number of carboxylic acids is 1. The van der Waals surface area contributed by atoms with E-state index in [9.17, 15) is 4.79 Å². The predicted molar refractivity (Wildman–Crippen MR) is 41.2 cm³/mol. The molecule has 0 heterocycles. The molecule has 1 N–H and O–H groups in total. The maximum absolute atomic E-state index is 10.4. The molecule has 11 heavy (non-hydrogen) atoms. The van der Waals surface area contributed by atoms with Crippen LogP contribution < -0.4 is 0 Å². The SMILES string of the molecule is O=C(O)CC1CCC2CCC21. The quantitative estimate of drug-likeness (QED) is 0.659. The lowest BCUT2D eigenvalue weighted by atomic mass is 9.72. The van der Waals surface area contributed by atoms with Gasteiger partial charge in [0.2, 0.25) is 0 Å². The van der Waals surface area contributed by atoms with E-state index >= 15 is 0 Å². The van der Waals surface area contributed by atoms with Crippen LogP contribution >= 0.6 is 0 Å². The van der Waals surface area contributed by atoms with Gasteiger partial charge in [-0.05, 0) is 43.4 Å². The normalized spacial score (nSPS) is 41.3. The summed E-state index contributed by atoms with van der Waals surface area (Å²) in [5.41, 5.74) is 0. The zero-order valence-electron chi connectivity index (χ0n) is 6.62. The Labute approximate surface area is 66.6 Å². The molecule has 2 aliphatic carbocycles. The van der Waals surface area contributed by atoms with E-state index in [1.165, 1.54) is 25.7 Å². The van der Waals surface area contributed by atoms with E-state index in [-0.39, 0.29) is 0 Å². The molecule has 2 saturated carbocycles. The van der Waals surface area contributed by atoms with Gasteiger partial charge < -0.3 is 5.11 Å². The molecule has 0 spiro atoms. The van der Waals surface area contributed by atoms with Crippen molar-refractivity contribution in [3.63, 3.8) is 0 Å². The average Bonchev–Trinajstić information content (AvgIpc) is 2.05. The summed E-state index contributed by atoms with van der Waals surface area (Å²) in [6.07, 6.45) is 5.54. The lowest BCUT2D eigenvalue weighted by molar-refractivity contribution is -0.138. The number of aliphatic carboxylic acids is 1. The Kier molecular flexibility index (Phi) is 1.63. The molecule has 2 heteroatoms. The second-order valence-electron chi connectivity index (χ2n) is 3.94. The summed E-state index contributed by atoms with van der Waals surface area (Å²) in [5.74, 6) is 1.60. The lowest BCUT2D eigenvalue weighted by Gasteiger charge is -2.33. The summed E-state index contributed by atoms with van der Waals surface area (Å²) in [5, 5.41) is 8.60. The molecule has 0 bridgehead atoms. The van der Waals surface area contributed by atoms with Gasteiger partial charge in [-0.3, -0.25) is 4.79 Å². The van der Waals surface area contributed by atoms with E-state index in [1.54, 1.807) is 0 Å². The van der Waals surface area contributed by atoms with Crippen LogP contribution in [0.15, 0.2) is 0 Å². The van der Waals surface area contributed by atoms with Crippen LogP contribution in [0.5, 0.6) is 0 Å². The highest BCUT2D eigenvalue weighted by molar-refractivity contribution is 5.67. The third-order valence-electron chi connectivity index (χ3n) is 3.43. The van der Waals surface area contributed by atoms with Crippen LogP contribution in [0, 0.1) is 17.8 Å². The van der Waals surface area contributed by atoms with Crippen LogP contribution in [0.1, 0.15) is 32.1 Å². The Balaban J connectivity index is 1.90. The first-order valence-corrected chi connectivity index (χ1v) is 4.49. The number of rotatable bonds is 2. The molecule has 2 rings (SSSR count). The van der Waals surface area contributed by atoms with Crippen LogP contribution in [-0.2, 0) is 4.79 Å². The van der Waals surface area contributed by atoms with E-state index in [0.717, 1.165) is 11.8 Å². The summed E-state index contributed by atoms with van der Waals surface area (Å²) >= 11 is 0. The van der Waals surface area contributed by atoms with Gasteiger partial charge in [0.1, 0.15) is 0 Å². The summed E-state index contributed by atoms with van der Waals surface area (Å²) in [7, 11) is 0. The first kappa shape index (κ1) is 7.14. The molecule has 2 fully saturated rings. The van der Waals surface area contributed by atoms with Gasteiger partial charge >= 0.3 is 5.97 Å². The van der Waals surface area contributed by atoms with Crippen molar-refractivity contribution in [3.8, 4) is 0 Å². The van der Waals surface area contributed by atoms with Crippen LogP contribution in [0.4, 0.5) is 0 Å². The van der Waals surface area contributed by atoms with E-state index in [4.69, 9.17) is 5.11 Å². The molecule has 0 radical (unpaired) electrons. The second-order valence-corrected chi connectivity index (χ2v) is 3.94. The maximum atomic E-state index is 10.4. The molecule has 3 unspecified atom stereocenters. The smallest absolute Gasteiger partial charge is 0.303 e. The zero-order valence-corrected chi connectivity index (χ0v) is 6.62. The number of hydrogen-bond acceptors (Lipinski definition) is 1. The van der Waals surface area contributed by atoms with E-state index in [2.05, 4.69) is 0 Å². The van der Waals surface area contributed by atoms with Crippen molar-refractivity contribution in [1.29, 1.82) is 0 Å². The van der Waals surface area contributed by atoms with Crippen molar-refractivity contribution in [2.45, 2.75) is 32.1 Å². The number of carboxylic acid groups (broad SMARTS) is 1. The van der Waals surface area contributed by atoms with Crippen molar-refractivity contribution in [3.05, 3.63) is 0 Å². The van der Waals surface area contributed by atoms with Crippen molar-refractivity contribution in [2.75, 3.05) is 0 Å². The Morgan fingerprint density at radius 3 is 2.45 bits per heavy atom.